The molecule has 124 valence electrons. The van der Waals surface area contributed by atoms with Crippen LogP contribution in [0.2, 0.25) is 0 Å². The van der Waals surface area contributed by atoms with E-state index in [4.69, 9.17) is 5.73 Å². The average Bonchev–Trinajstić information content (AvgIpc) is 2.99. The summed E-state index contributed by atoms with van der Waals surface area (Å²) in [5.74, 6) is -0.0175. The first kappa shape index (κ1) is 17.2. The normalized spacial score (nSPS) is 12.1. The number of likely N-dealkylation sites (N-methyl/N-ethyl adjacent to an activating group) is 1. The van der Waals surface area contributed by atoms with Gasteiger partial charge in [-0.1, -0.05) is 43.7 Å². The topological polar surface area (TPSA) is 64.2 Å². The van der Waals surface area contributed by atoms with E-state index < -0.39 is 6.04 Å². The summed E-state index contributed by atoms with van der Waals surface area (Å²) < 4.78 is 2.02. The first-order valence-corrected chi connectivity index (χ1v) is 8.15. The second kappa shape index (κ2) is 8.48. The maximum absolute atomic E-state index is 12.2. The zero-order valence-corrected chi connectivity index (χ0v) is 14.0. The molecule has 2 aromatic rings. The van der Waals surface area contributed by atoms with Gasteiger partial charge in [0.1, 0.15) is 0 Å². The molecule has 5 nitrogen and oxygen atoms in total. The molecular weight excluding hydrogens is 288 g/mol. The third kappa shape index (κ3) is 5.21. The number of benzene rings is 1. The number of carbonyl (C=O) groups is 1. The van der Waals surface area contributed by atoms with Crippen molar-refractivity contribution in [2.24, 2.45) is 5.73 Å². The number of nitrogens with two attached hydrogens (primary N) is 1. The number of rotatable bonds is 8. The smallest absolute Gasteiger partial charge is 0.239 e. The van der Waals surface area contributed by atoms with Crippen molar-refractivity contribution in [2.45, 2.75) is 38.8 Å². The van der Waals surface area contributed by atoms with Gasteiger partial charge in [-0.3, -0.25) is 4.79 Å². The summed E-state index contributed by atoms with van der Waals surface area (Å²) >= 11 is 0. The molecule has 0 fully saturated rings. The summed E-state index contributed by atoms with van der Waals surface area (Å²) in [4.78, 5) is 18.3. The van der Waals surface area contributed by atoms with Crippen molar-refractivity contribution in [2.75, 3.05) is 13.6 Å². The van der Waals surface area contributed by atoms with E-state index in [-0.39, 0.29) is 5.91 Å². The van der Waals surface area contributed by atoms with Gasteiger partial charge in [-0.25, -0.2) is 4.98 Å². The first-order valence-electron chi connectivity index (χ1n) is 8.15. The number of nitrogens with zero attached hydrogens (tertiary/aromatic N) is 3. The van der Waals surface area contributed by atoms with Gasteiger partial charge < -0.3 is 15.2 Å². The Morgan fingerprint density at radius 1 is 1.35 bits per heavy atom. The molecule has 0 spiro atoms. The highest BCUT2D eigenvalue weighted by molar-refractivity contribution is 5.81. The van der Waals surface area contributed by atoms with E-state index in [2.05, 4.69) is 24.0 Å². The number of carbonyl (C=O) groups excluding carboxylic acids is 1. The predicted molar refractivity (Wildman–Crippen MR) is 92.0 cm³/mol. The molecule has 1 atom stereocenters. The number of amides is 1. The quantitative estimate of drug-likeness (QED) is 0.811. The van der Waals surface area contributed by atoms with Crippen LogP contribution in [0.15, 0.2) is 42.9 Å². The average molecular weight is 314 g/mol. The van der Waals surface area contributed by atoms with Gasteiger partial charge >= 0.3 is 0 Å². The zero-order valence-electron chi connectivity index (χ0n) is 14.0. The van der Waals surface area contributed by atoms with Gasteiger partial charge in [-0.05, 0) is 12.0 Å². The van der Waals surface area contributed by atoms with Gasteiger partial charge in [0, 0.05) is 32.8 Å². The summed E-state index contributed by atoms with van der Waals surface area (Å²) in [7, 11) is 1.81. The summed E-state index contributed by atoms with van der Waals surface area (Å²) in [5.41, 5.74) is 8.11. The van der Waals surface area contributed by atoms with Crippen molar-refractivity contribution in [3.63, 3.8) is 0 Å². The first-order chi connectivity index (χ1) is 11.1. The van der Waals surface area contributed by atoms with Crippen molar-refractivity contribution in [1.29, 1.82) is 0 Å². The van der Waals surface area contributed by atoms with Crippen LogP contribution in [0.3, 0.4) is 0 Å². The highest BCUT2D eigenvalue weighted by atomic mass is 16.2. The maximum atomic E-state index is 12.2. The van der Waals surface area contributed by atoms with E-state index in [1.807, 2.05) is 36.0 Å². The summed E-state index contributed by atoms with van der Waals surface area (Å²) in [6, 6.07) is 9.68. The molecule has 2 rings (SSSR count). The Kier molecular flexibility index (Phi) is 6.35. The SMILES string of the molecule is CCCCN(C)C(=O)[C@@H](N)Cc1cn(Cc2ccccc2)cn1. The van der Waals surface area contributed by atoms with Gasteiger partial charge in [0.15, 0.2) is 0 Å². The molecule has 0 unspecified atom stereocenters. The third-order valence-corrected chi connectivity index (χ3v) is 3.86. The highest BCUT2D eigenvalue weighted by Crippen LogP contribution is 2.06. The van der Waals surface area contributed by atoms with Crippen LogP contribution in [0.25, 0.3) is 0 Å². The minimum Gasteiger partial charge on any atom is -0.344 e. The van der Waals surface area contributed by atoms with Crippen LogP contribution in [0.4, 0.5) is 0 Å². The van der Waals surface area contributed by atoms with Crippen LogP contribution in [0.1, 0.15) is 31.0 Å². The minimum absolute atomic E-state index is 0.0175. The van der Waals surface area contributed by atoms with Gasteiger partial charge in [-0.15, -0.1) is 0 Å². The lowest BCUT2D eigenvalue weighted by Crippen LogP contribution is -2.43. The van der Waals surface area contributed by atoms with Gasteiger partial charge in [0.2, 0.25) is 5.91 Å². The third-order valence-electron chi connectivity index (χ3n) is 3.86. The molecule has 0 aliphatic rings. The Morgan fingerprint density at radius 3 is 2.78 bits per heavy atom. The fourth-order valence-electron chi connectivity index (χ4n) is 2.49. The molecule has 1 amide bonds. The second-order valence-electron chi connectivity index (χ2n) is 5.95. The molecule has 0 aliphatic carbocycles. The van der Waals surface area contributed by atoms with Crippen LogP contribution in [-0.4, -0.2) is 40.0 Å². The Bertz CT molecular complexity index is 608. The van der Waals surface area contributed by atoms with Crippen molar-refractivity contribution in [3.05, 3.63) is 54.1 Å². The van der Waals surface area contributed by atoms with E-state index in [1.54, 1.807) is 11.2 Å². The van der Waals surface area contributed by atoms with Crippen molar-refractivity contribution in [3.8, 4) is 0 Å². The number of imidazole rings is 1. The molecule has 1 aromatic heterocycles. The Morgan fingerprint density at radius 2 is 2.09 bits per heavy atom. The van der Waals surface area contributed by atoms with Gasteiger partial charge in [-0.2, -0.15) is 0 Å². The molecule has 0 saturated carbocycles. The van der Waals surface area contributed by atoms with Crippen LogP contribution in [-0.2, 0) is 17.8 Å². The lowest BCUT2D eigenvalue weighted by molar-refractivity contribution is -0.131. The standard InChI is InChI=1S/C18H26N4O/c1-3-4-10-21(2)18(23)17(19)11-16-13-22(14-20-16)12-15-8-6-5-7-9-15/h5-9,13-14,17H,3-4,10-12,19H2,1-2H3/t17-/m0/s1. The lowest BCUT2D eigenvalue weighted by atomic mass is 10.1. The van der Waals surface area contributed by atoms with E-state index in [0.717, 1.165) is 31.6 Å². The molecule has 0 saturated heterocycles. The van der Waals surface area contributed by atoms with Crippen LogP contribution >= 0.6 is 0 Å². The van der Waals surface area contributed by atoms with Gasteiger partial charge in [0.05, 0.1) is 18.1 Å². The Hall–Kier alpha value is -2.14. The predicted octanol–water partition coefficient (Wildman–Crippen LogP) is 2.06. The van der Waals surface area contributed by atoms with Gasteiger partial charge in [0.25, 0.3) is 0 Å². The minimum atomic E-state index is -0.531. The Balaban J connectivity index is 1.89. The Labute approximate surface area is 138 Å². The number of unbranched alkanes of at least 4 members (excludes halogenated alkanes) is 1. The largest absolute Gasteiger partial charge is 0.344 e. The number of aromatic nitrogens is 2. The highest BCUT2D eigenvalue weighted by Gasteiger charge is 2.19. The van der Waals surface area contributed by atoms with Crippen molar-refractivity contribution < 1.29 is 4.79 Å². The zero-order chi connectivity index (χ0) is 16.7. The molecule has 1 heterocycles. The van der Waals surface area contributed by atoms with Crippen molar-refractivity contribution >= 4 is 5.91 Å². The molecule has 23 heavy (non-hydrogen) atoms. The monoisotopic (exact) mass is 314 g/mol. The van der Waals surface area contributed by atoms with Crippen molar-refractivity contribution in [1.82, 2.24) is 14.5 Å². The number of hydrogen-bond donors (Lipinski definition) is 1. The molecule has 2 N–H and O–H groups in total. The summed E-state index contributed by atoms with van der Waals surface area (Å²) in [6.45, 7) is 3.64. The van der Waals surface area contributed by atoms with E-state index in [1.165, 1.54) is 5.56 Å². The van der Waals surface area contributed by atoms with Crippen LogP contribution in [0.5, 0.6) is 0 Å². The molecule has 1 aromatic carbocycles. The summed E-state index contributed by atoms with van der Waals surface area (Å²) in [6.07, 6.45) is 6.29. The molecular formula is C18H26N4O. The fourth-order valence-corrected chi connectivity index (χ4v) is 2.49. The fraction of sp³-hybridized carbons (Fsp3) is 0.444. The molecule has 0 radical (unpaired) electrons. The van der Waals surface area contributed by atoms with E-state index in [0.29, 0.717) is 6.42 Å². The number of hydrogen-bond acceptors (Lipinski definition) is 3. The van der Waals surface area contributed by atoms with E-state index in [9.17, 15) is 4.79 Å². The molecule has 0 bridgehead atoms. The van der Waals surface area contributed by atoms with Crippen LogP contribution < -0.4 is 5.73 Å². The second-order valence-corrected chi connectivity index (χ2v) is 5.95. The molecule has 5 heteroatoms. The molecule has 0 aliphatic heterocycles. The maximum Gasteiger partial charge on any atom is 0.239 e. The van der Waals surface area contributed by atoms with E-state index >= 15 is 0 Å². The summed E-state index contributed by atoms with van der Waals surface area (Å²) in [5, 5.41) is 0. The van der Waals surface area contributed by atoms with Crippen LogP contribution in [0, 0.1) is 0 Å². The lowest BCUT2D eigenvalue weighted by Gasteiger charge is -2.20.